The Morgan fingerprint density at radius 1 is 1.38 bits per heavy atom. The number of aromatic nitrogens is 1. The molecule has 0 spiro atoms. The predicted octanol–water partition coefficient (Wildman–Crippen LogP) is 3.77. The van der Waals surface area contributed by atoms with Crippen LogP contribution in [0.15, 0.2) is 41.0 Å². The molecule has 0 bridgehead atoms. The van der Waals surface area contributed by atoms with Gasteiger partial charge in [0.2, 0.25) is 0 Å². The van der Waals surface area contributed by atoms with Gasteiger partial charge in [0, 0.05) is 17.2 Å². The molecule has 1 aromatic heterocycles. The largest absolute Gasteiger partial charge is 0.497 e. The van der Waals surface area contributed by atoms with Gasteiger partial charge in [0.1, 0.15) is 11.4 Å². The first-order chi connectivity index (χ1) is 10.0. The van der Waals surface area contributed by atoms with Crippen LogP contribution in [0.25, 0.3) is 0 Å². The molecule has 0 aliphatic carbocycles. The van der Waals surface area contributed by atoms with Gasteiger partial charge in [-0.1, -0.05) is 12.1 Å². The van der Waals surface area contributed by atoms with Crippen LogP contribution in [0.1, 0.15) is 35.9 Å². The maximum absolute atomic E-state index is 12.4. The molecule has 0 aliphatic rings. The number of nitrogens with one attached hydrogen (secondary N) is 1. The van der Waals surface area contributed by atoms with Crippen molar-refractivity contribution in [2.45, 2.75) is 26.4 Å². The second-order valence-corrected chi connectivity index (χ2v) is 5.71. The quantitative estimate of drug-likeness (QED) is 0.891. The summed E-state index contributed by atoms with van der Waals surface area (Å²) in [5, 5.41) is 3.02. The van der Waals surface area contributed by atoms with E-state index in [1.54, 1.807) is 7.11 Å². The highest BCUT2D eigenvalue weighted by Gasteiger charge is 2.15. The fourth-order valence-corrected chi connectivity index (χ4v) is 2.64. The van der Waals surface area contributed by atoms with Crippen molar-refractivity contribution >= 4 is 21.8 Å². The van der Waals surface area contributed by atoms with Gasteiger partial charge in [0.15, 0.2) is 0 Å². The molecular weight excluding hydrogens is 332 g/mol. The molecule has 1 heterocycles. The molecule has 1 amide bonds. The molecule has 5 heteroatoms. The maximum atomic E-state index is 12.4. The van der Waals surface area contributed by atoms with Crippen molar-refractivity contribution < 1.29 is 9.53 Å². The van der Waals surface area contributed by atoms with Crippen molar-refractivity contribution in [3.63, 3.8) is 0 Å². The van der Waals surface area contributed by atoms with E-state index < -0.39 is 0 Å². The first-order valence-corrected chi connectivity index (χ1v) is 7.65. The lowest BCUT2D eigenvalue weighted by atomic mass is 10.1. The van der Waals surface area contributed by atoms with E-state index in [-0.39, 0.29) is 11.9 Å². The van der Waals surface area contributed by atoms with E-state index in [2.05, 4.69) is 21.2 Å². The first kappa shape index (κ1) is 15.6. The number of carbonyl (C=O) groups excluding carboxylic acids is 1. The van der Waals surface area contributed by atoms with Gasteiger partial charge in [0.05, 0.1) is 13.2 Å². The highest BCUT2D eigenvalue weighted by Crippen LogP contribution is 2.19. The molecule has 0 saturated carbocycles. The van der Waals surface area contributed by atoms with Gasteiger partial charge >= 0.3 is 0 Å². The minimum atomic E-state index is -0.0779. The number of hydrogen-bond donors (Lipinski definition) is 1. The highest BCUT2D eigenvalue weighted by molar-refractivity contribution is 9.10. The predicted molar refractivity (Wildman–Crippen MR) is 86.7 cm³/mol. The normalized spacial score (nSPS) is 12.0. The molecule has 112 valence electrons. The number of benzene rings is 1. The topological polar surface area (TPSA) is 43.3 Å². The van der Waals surface area contributed by atoms with Gasteiger partial charge in [-0.3, -0.25) is 4.79 Å². The molecule has 2 aromatic rings. The van der Waals surface area contributed by atoms with Gasteiger partial charge in [-0.25, -0.2) is 0 Å². The number of ether oxygens (including phenoxy) is 1. The smallest absolute Gasteiger partial charge is 0.268 e. The van der Waals surface area contributed by atoms with Crippen LogP contribution in [-0.4, -0.2) is 17.6 Å². The third-order valence-corrected chi connectivity index (χ3v) is 3.83. The van der Waals surface area contributed by atoms with Gasteiger partial charge in [0.25, 0.3) is 5.91 Å². The number of methoxy groups -OCH3 is 1. The van der Waals surface area contributed by atoms with Crippen LogP contribution < -0.4 is 10.1 Å². The summed E-state index contributed by atoms with van der Waals surface area (Å²) in [6, 6.07) is 9.46. The lowest BCUT2D eigenvalue weighted by Crippen LogP contribution is -2.28. The van der Waals surface area contributed by atoms with E-state index in [4.69, 9.17) is 4.74 Å². The van der Waals surface area contributed by atoms with Gasteiger partial charge in [-0.05, 0) is 53.5 Å². The lowest BCUT2D eigenvalue weighted by Gasteiger charge is -2.15. The van der Waals surface area contributed by atoms with Crippen LogP contribution in [-0.2, 0) is 6.54 Å². The fourth-order valence-electron chi connectivity index (χ4n) is 2.17. The van der Waals surface area contributed by atoms with Gasteiger partial charge < -0.3 is 14.6 Å². The Labute approximate surface area is 133 Å². The summed E-state index contributed by atoms with van der Waals surface area (Å²) in [6.45, 7) is 4.73. The Morgan fingerprint density at radius 2 is 2.05 bits per heavy atom. The Kier molecular flexibility index (Phi) is 5.07. The minimum Gasteiger partial charge on any atom is -0.497 e. The van der Waals surface area contributed by atoms with E-state index in [1.165, 1.54) is 0 Å². The minimum absolute atomic E-state index is 0.0672. The summed E-state index contributed by atoms with van der Waals surface area (Å²) in [7, 11) is 1.64. The molecule has 1 unspecified atom stereocenters. The first-order valence-electron chi connectivity index (χ1n) is 6.85. The van der Waals surface area contributed by atoms with Crippen molar-refractivity contribution in [2.75, 3.05) is 7.11 Å². The Balaban J connectivity index is 2.10. The maximum Gasteiger partial charge on any atom is 0.268 e. The van der Waals surface area contributed by atoms with Gasteiger partial charge in [-0.2, -0.15) is 0 Å². The van der Waals surface area contributed by atoms with Crippen molar-refractivity contribution in [1.82, 2.24) is 9.88 Å². The molecule has 1 atom stereocenters. The molecule has 0 fully saturated rings. The van der Waals surface area contributed by atoms with E-state index in [1.807, 2.05) is 54.9 Å². The Morgan fingerprint density at radius 3 is 2.62 bits per heavy atom. The van der Waals surface area contributed by atoms with E-state index in [9.17, 15) is 4.79 Å². The monoisotopic (exact) mass is 350 g/mol. The summed E-state index contributed by atoms with van der Waals surface area (Å²) < 4.78 is 7.96. The van der Waals surface area contributed by atoms with Crippen LogP contribution >= 0.6 is 15.9 Å². The lowest BCUT2D eigenvalue weighted by molar-refractivity contribution is 0.0930. The zero-order chi connectivity index (χ0) is 15.4. The number of halogens is 1. The van der Waals surface area contributed by atoms with Crippen LogP contribution in [0, 0.1) is 0 Å². The summed E-state index contributed by atoms with van der Waals surface area (Å²) >= 11 is 3.40. The van der Waals surface area contributed by atoms with Crippen molar-refractivity contribution in [3.8, 4) is 5.75 Å². The Hall–Kier alpha value is -1.75. The van der Waals surface area contributed by atoms with Crippen LogP contribution in [0.4, 0.5) is 0 Å². The zero-order valence-corrected chi connectivity index (χ0v) is 14.0. The van der Waals surface area contributed by atoms with E-state index in [0.717, 1.165) is 22.3 Å². The molecular formula is C16H19BrN2O2. The third-order valence-electron chi connectivity index (χ3n) is 3.40. The SMILES string of the molecule is CCn1cc(Br)cc1C(=O)NC(C)c1ccc(OC)cc1. The Bertz CT molecular complexity index is 620. The molecule has 2 rings (SSSR count). The second kappa shape index (κ2) is 6.80. The van der Waals surface area contributed by atoms with Crippen molar-refractivity contribution in [3.05, 3.63) is 52.3 Å². The molecule has 21 heavy (non-hydrogen) atoms. The standard InChI is InChI=1S/C16H19BrN2O2/c1-4-19-10-13(17)9-15(19)16(20)18-11(2)12-5-7-14(21-3)8-6-12/h5-11H,4H2,1-3H3,(H,18,20). The third kappa shape index (κ3) is 3.67. The van der Waals surface area contributed by atoms with Crippen molar-refractivity contribution in [1.29, 1.82) is 0 Å². The highest BCUT2D eigenvalue weighted by atomic mass is 79.9. The van der Waals surface area contributed by atoms with E-state index in [0.29, 0.717) is 5.69 Å². The summed E-state index contributed by atoms with van der Waals surface area (Å²) in [4.78, 5) is 12.4. The van der Waals surface area contributed by atoms with Crippen LogP contribution in [0.3, 0.4) is 0 Å². The second-order valence-electron chi connectivity index (χ2n) is 4.80. The number of hydrogen-bond acceptors (Lipinski definition) is 2. The summed E-state index contributed by atoms with van der Waals surface area (Å²) in [6.07, 6.45) is 1.91. The average Bonchev–Trinajstić information content (AvgIpc) is 2.88. The van der Waals surface area contributed by atoms with Crippen molar-refractivity contribution in [2.24, 2.45) is 0 Å². The zero-order valence-electron chi connectivity index (χ0n) is 12.4. The van der Waals surface area contributed by atoms with Crippen LogP contribution in [0.5, 0.6) is 5.75 Å². The summed E-state index contributed by atoms with van der Waals surface area (Å²) in [5.74, 6) is 0.729. The molecule has 1 N–H and O–H groups in total. The number of amides is 1. The van der Waals surface area contributed by atoms with E-state index >= 15 is 0 Å². The molecule has 4 nitrogen and oxygen atoms in total. The number of nitrogens with zero attached hydrogens (tertiary/aromatic N) is 1. The molecule has 1 aromatic carbocycles. The number of rotatable bonds is 5. The molecule has 0 radical (unpaired) electrons. The van der Waals surface area contributed by atoms with Gasteiger partial charge in [-0.15, -0.1) is 0 Å². The van der Waals surface area contributed by atoms with Crippen LogP contribution in [0.2, 0.25) is 0 Å². The molecule has 0 aliphatic heterocycles. The molecule has 0 saturated heterocycles. The summed E-state index contributed by atoms with van der Waals surface area (Å²) in [5.41, 5.74) is 1.70. The fraction of sp³-hybridized carbons (Fsp3) is 0.312. The number of carbonyl (C=O) groups is 1. The number of aryl methyl sites for hydroxylation is 1. The average molecular weight is 351 g/mol.